The summed E-state index contributed by atoms with van der Waals surface area (Å²) in [5.41, 5.74) is 2.80. The molecule has 0 spiro atoms. The zero-order chi connectivity index (χ0) is 10.8. The van der Waals surface area contributed by atoms with Crippen molar-refractivity contribution in [1.29, 1.82) is 0 Å². The summed E-state index contributed by atoms with van der Waals surface area (Å²) in [6.07, 6.45) is 2.84. The van der Waals surface area contributed by atoms with Crippen LogP contribution in [0, 0.1) is 18.8 Å². The molecule has 0 saturated heterocycles. The van der Waals surface area contributed by atoms with Crippen LogP contribution in [-0.4, -0.2) is 7.05 Å². The number of hydrogen-bond acceptors (Lipinski definition) is 1. The molecule has 0 amide bonds. The lowest BCUT2D eigenvalue weighted by Crippen LogP contribution is -2.24. The molecule has 1 N–H and O–H groups in total. The molecular formula is C14H21N. The van der Waals surface area contributed by atoms with Gasteiger partial charge in [0.2, 0.25) is 0 Å². The lowest BCUT2D eigenvalue weighted by atomic mass is 9.90. The van der Waals surface area contributed by atoms with Gasteiger partial charge >= 0.3 is 0 Å². The third kappa shape index (κ3) is 2.40. The molecule has 2 unspecified atom stereocenters. The summed E-state index contributed by atoms with van der Waals surface area (Å²) in [5, 5.41) is 3.47. The molecule has 15 heavy (non-hydrogen) atoms. The van der Waals surface area contributed by atoms with Gasteiger partial charge in [-0.3, -0.25) is 0 Å². The molecule has 0 heterocycles. The van der Waals surface area contributed by atoms with Crippen molar-refractivity contribution >= 4 is 0 Å². The molecule has 0 radical (unpaired) electrons. The normalized spacial score (nSPS) is 19.9. The van der Waals surface area contributed by atoms with Gasteiger partial charge in [-0.1, -0.05) is 36.8 Å². The van der Waals surface area contributed by atoms with Crippen molar-refractivity contribution in [3.63, 3.8) is 0 Å². The first-order valence-electron chi connectivity index (χ1n) is 5.96. The first-order chi connectivity index (χ1) is 7.22. The predicted molar refractivity (Wildman–Crippen MR) is 64.9 cm³/mol. The summed E-state index contributed by atoms with van der Waals surface area (Å²) in [4.78, 5) is 0. The van der Waals surface area contributed by atoms with Crippen LogP contribution in [-0.2, 0) is 0 Å². The third-order valence-corrected chi connectivity index (χ3v) is 3.60. The van der Waals surface area contributed by atoms with Crippen LogP contribution in [0.5, 0.6) is 0 Å². The van der Waals surface area contributed by atoms with Crippen LogP contribution in [0.25, 0.3) is 0 Å². The summed E-state index contributed by atoms with van der Waals surface area (Å²) in [7, 11) is 2.08. The fraction of sp³-hybridized carbons (Fsp3) is 0.571. The maximum atomic E-state index is 3.47. The standard InChI is InChI=1S/C14H21N/c1-10-5-4-6-13(9-10)14(15-3)11(2)12-7-8-12/h4-6,9,11-12,14-15H,7-8H2,1-3H3. The molecule has 1 nitrogen and oxygen atoms in total. The van der Waals surface area contributed by atoms with E-state index >= 15 is 0 Å². The number of nitrogens with one attached hydrogen (secondary N) is 1. The van der Waals surface area contributed by atoms with Gasteiger partial charge < -0.3 is 5.32 Å². The Kier molecular flexibility index (Phi) is 3.11. The van der Waals surface area contributed by atoms with Crippen molar-refractivity contribution in [2.45, 2.75) is 32.7 Å². The van der Waals surface area contributed by atoms with Gasteiger partial charge in [0.1, 0.15) is 0 Å². The van der Waals surface area contributed by atoms with Gasteiger partial charge in [0.25, 0.3) is 0 Å². The maximum absolute atomic E-state index is 3.47. The Morgan fingerprint density at radius 3 is 2.60 bits per heavy atom. The number of aryl methyl sites for hydroxylation is 1. The summed E-state index contributed by atoms with van der Waals surface area (Å²) in [6, 6.07) is 9.40. The highest BCUT2D eigenvalue weighted by Gasteiger charge is 2.33. The highest BCUT2D eigenvalue weighted by Crippen LogP contribution is 2.42. The van der Waals surface area contributed by atoms with Crippen LogP contribution in [0.2, 0.25) is 0 Å². The third-order valence-electron chi connectivity index (χ3n) is 3.60. The largest absolute Gasteiger partial charge is 0.313 e. The first-order valence-corrected chi connectivity index (χ1v) is 5.96. The molecule has 82 valence electrons. The van der Waals surface area contributed by atoms with E-state index in [1.165, 1.54) is 24.0 Å². The molecule has 0 aromatic heterocycles. The molecule has 2 atom stereocenters. The summed E-state index contributed by atoms with van der Waals surface area (Å²) >= 11 is 0. The van der Waals surface area contributed by atoms with E-state index in [1.807, 2.05) is 0 Å². The van der Waals surface area contributed by atoms with E-state index in [2.05, 4.69) is 50.5 Å². The second kappa shape index (κ2) is 4.36. The van der Waals surface area contributed by atoms with Crippen LogP contribution >= 0.6 is 0 Å². The van der Waals surface area contributed by atoms with Gasteiger partial charge in [0.15, 0.2) is 0 Å². The van der Waals surface area contributed by atoms with Gasteiger partial charge in [-0.05, 0) is 44.2 Å². The fourth-order valence-corrected chi connectivity index (χ4v) is 2.49. The van der Waals surface area contributed by atoms with E-state index in [0.29, 0.717) is 6.04 Å². The van der Waals surface area contributed by atoms with Gasteiger partial charge in [0, 0.05) is 6.04 Å². The zero-order valence-corrected chi connectivity index (χ0v) is 9.96. The number of benzene rings is 1. The van der Waals surface area contributed by atoms with Gasteiger partial charge in [0.05, 0.1) is 0 Å². The van der Waals surface area contributed by atoms with Crippen LogP contribution < -0.4 is 5.32 Å². The molecule has 1 aliphatic rings. The highest BCUT2D eigenvalue weighted by molar-refractivity contribution is 5.25. The minimum absolute atomic E-state index is 0.525. The molecule has 0 bridgehead atoms. The Labute approximate surface area is 92.9 Å². The van der Waals surface area contributed by atoms with E-state index in [-0.39, 0.29) is 0 Å². The Morgan fingerprint density at radius 2 is 2.07 bits per heavy atom. The molecule has 1 fully saturated rings. The van der Waals surface area contributed by atoms with E-state index in [4.69, 9.17) is 0 Å². The SMILES string of the molecule is CNC(c1cccc(C)c1)C(C)C1CC1. The molecule has 2 rings (SSSR count). The van der Waals surface area contributed by atoms with Crippen LogP contribution in [0.3, 0.4) is 0 Å². The monoisotopic (exact) mass is 203 g/mol. The number of rotatable bonds is 4. The summed E-state index contributed by atoms with van der Waals surface area (Å²) in [6.45, 7) is 4.54. The average molecular weight is 203 g/mol. The second-order valence-electron chi connectivity index (χ2n) is 4.88. The minimum Gasteiger partial charge on any atom is -0.313 e. The lowest BCUT2D eigenvalue weighted by molar-refractivity contribution is 0.369. The second-order valence-corrected chi connectivity index (χ2v) is 4.88. The molecule has 0 aliphatic heterocycles. The van der Waals surface area contributed by atoms with Crippen molar-refractivity contribution in [3.8, 4) is 0 Å². The lowest BCUT2D eigenvalue weighted by Gasteiger charge is -2.24. The predicted octanol–water partition coefficient (Wildman–Crippen LogP) is 3.30. The number of hydrogen-bond donors (Lipinski definition) is 1. The van der Waals surface area contributed by atoms with E-state index in [9.17, 15) is 0 Å². The molecule has 1 aromatic carbocycles. The van der Waals surface area contributed by atoms with E-state index in [1.54, 1.807) is 0 Å². The van der Waals surface area contributed by atoms with Crippen molar-refractivity contribution in [1.82, 2.24) is 5.32 Å². The molecular weight excluding hydrogens is 182 g/mol. The quantitative estimate of drug-likeness (QED) is 0.791. The Morgan fingerprint density at radius 1 is 1.33 bits per heavy atom. The van der Waals surface area contributed by atoms with E-state index in [0.717, 1.165) is 11.8 Å². The average Bonchev–Trinajstić information content (AvgIpc) is 3.02. The van der Waals surface area contributed by atoms with Crippen molar-refractivity contribution in [3.05, 3.63) is 35.4 Å². The smallest absolute Gasteiger partial charge is 0.0346 e. The van der Waals surface area contributed by atoms with Crippen LogP contribution in [0.1, 0.15) is 36.9 Å². The van der Waals surface area contributed by atoms with Crippen molar-refractivity contribution < 1.29 is 0 Å². The van der Waals surface area contributed by atoms with Crippen molar-refractivity contribution in [2.75, 3.05) is 7.05 Å². The molecule has 1 saturated carbocycles. The first kappa shape index (κ1) is 10.7. The maximum Gasteiger partial charge on any atom is 0.0346 e. The summed E-state index contributed by atoms with van der Waals surface area (Å²) < 4.78 is 0. The molecule has 1 aromatic rings. The van der Waals surface area contributed by atoms with Crippen molar-refractivity contribution in [2.24, 2.45) is 11.8 Å². The topological polar surface area (TPSA) is 12.0 Å². The van der Waals surface area contributed by atoms with E-state index < -0.39 is 0 Å². The van der Waals surface area contributed by atoms with Crippen LogP contribution in [0.4, 0.5) is 0 Å². The highest BCUT2D eigenvalue weighted by atomic mass is 14.9. The summed E-state index contributed by atoms with van der Waals surface area (Å²) in [5.74, 6) is 1.71. The molecule has 1 aliphatic carbocycles. The van der Waals surface area contributed by atoms with Crippen LogP contribution in [0.15, 0.2) is 24.3 Å². The Balaban J connectivity index is 2.17. The minimum atomic E-state index is 0.525. The van der Waals surface area contributed by atoms with Gasteiger partial charge in [-0.2, -0.15) is 0 Å². The Bertz CT molecular complexity index is 328. The van der Waals surface area contributed by atoms with Gasteiger partial charge in [-0.15, -0.1) is 0 Å². The van der Waals surface area contributed by atoms with Gasteiger partial charge in [-0.25, -0.2) is 0 Å². The zero-order valence-electron chi connectivity index (χ0n) is 9.96. The molecule has 1 heteroatoms. The Hall–Kier alpha value is -0.820. The fourth-order valence-electron chi connectivity index (χ4n) is 2.49.